The number of carboxylic acids is 1. The molecule has 0 aromatic heterocycles. The fourth-order valence-electron chi connectivity index (χ4n) is 0.623. The Morgan fingerprint density at radius 1 is 1.23 bits per heavy atom. The van der Waals surface area contributed by atoms with Crippen LogP contribution >= 0.6 is 0 Å². The van der Waals surface area contributed by atoms with E-state index < -0.39 is 5.97 Å². The third-order valence-corrected chi connectivity index (χ3v) is 1.73. The zero-order chi connectivity index (χ0) is 10.7. The van der Waals surface area contributed by atoms with Gasteiger partial charge in [0.2, 0.25) is 0 Å². The zero-order valence-corrected chi connectivity index (χ0v) is 9.26. The number of carbonyl (C=O) groups is 1. The quantitative estimate of drug-likeness (QED) is 0.537. The second-order valence-corrected chi connectivity index (χ2v) is 2.98. The highest BCUT2D eigenvalue weighted by Gasteiger charge is 1.93. The lowest BCUT2D eigenvalue weighted by Crippen LogP contribution is -1.93. The molecule has 0 aliphatic rings. The fourth-order valence-corrected chi connectivity index (χ4v) is 0.623. The maximum atomic E-state index is 9.86. The molecule has 2 heteroatoms. The van der Waals surface area contributed by atoms with Gasteiger partial charge < -0.3 is 5.11 Å². The summed E-state index contributed by atoms with van der Waals surface area (Å²) in [5.74, 6) is -0.845. The Balaban J connectivity index is 0. The normalized spacial score (nSPS) is 10.3. The van der Waals surface area contributed by atoms with Crippen LogP contribution in [0, 0.1) is 0 Å². The standard InChI is InChI=1S/C6H14.C5H8O2/c1-3-5-6-4-2;1-3-4(2)5(6)7/h3-6H2,1-2H3;3H,1-2H3,(H,6,7). The van der Waals surface area contributed by atoms with Crippen LogP contribution in [-0.4, -0.2) is 11.1 Å². The third kappa shape index (κ3) is 14.1. The molecule has 0 aromatic carbocycles. The van der Waals surface area contributed by atoms with E-state index in [0.717, 1.165) is 0 Å². The summed E-state index contributed by atoms with van der Waals surface area (Å²) in [6.45, 7) is 7.72. The first-order chi connectivity index (χ1) is 6.09. The van der Waals surface area contributed by atoms with Crippen molar-refractivity contribution in [3.05, 3.63) is 11.6 Å². The van der Waals surface area contributed by atoms with Gasteiger partial charge in [-0.3, -0.25) is 0 Å². The van der Waals surface area contributed by atoms with Crippen LogP contribution in [0.4, 0.5) is 0 Å². The van der Waals surface area contributed by atoms with Gasteiger partial charge in [0.05, 0.1) is 0 Å². The SMILES string of the molecule is CC=C(C)C(=O)O.CCCCCC. The molecule has 0 saturated heterocycles. The number of allylic oxidation sites excluding steroid dienone is 1. The van der Waals surface area contributed by atoms with Crippen LogP contribution in [0.15, 0.2) is 11.6 Å². The molecular formula is C11H22O2. The summed E-state index contributed by atoms with van der Waals surface area (Å²) < 4.78 is 0. The predicted octanol–water partition coefficient (Wildman–Crippen LogP) is 3.62. The van der Waals surface area contributed by atoms with E-state index in [2.05, 4.69) is 13.8 Å². The largest absolute Gasteiger partial charge is 0.478 e. The zero-order valence-electron chi connectivity index (χ0n) is 9.26. The molecule has 78 valence electrons. The van der Waals surface area contributed by atoms with E-state index in [1.54, 1.807) is 19.9 Å². The number of rotatable bonds is 4. The molecule has 0 unspecified atom stereocenters. The van der Waals surface area contributed by atoms with Crippen molar-refractivity contribution in [2.24, 2.45) is 0 Å². The van der Waals surface area contributed by atoms with E-state index in [4.69, 9.17) is 5.11 Å². The molecule has 0 radical (unpaired) electrons. The molecule has 0 amide bonds. The van der Waals surface area contributed by atoms with Crippen molar-refractivity contribution in [2.75, 3.05) is 0 Å². The monoisotopic (exact) mass is 186 g/mol. The summed E-state index contributed by atoms with van der Waals surface area (Å²) in [7, 11) is 0. The Morgan fingerprint density at radius 3 is 1.69 bits per heavy atom. The van der Waals surface area contributed by atoms with E-state index in [0.29, 0.717) is 5.57 Å². The number of carboxylic acid groups (broad SMARTS) is 1. The van der Waals surface area contributed by atoms with Crippen molar-refractivity contribution >= 4 is 5.97 Å². The minimum Gasteiger partial charge on any atom is -0.478 e. The minimum absolute atomic E-state index is 0.389. The van der Waals surface area contributed by atoms with Crippen molar-refractivity contribution < 1.29 is 9.90 Å². The van der Waals surface area contributed by atoms with E-state index in [9.17, 15) is 4.79 Å². The fraction of sp³-hybridized carbons (Fsp3) is 0.727. The van der Waals surface area contributed by atoms with Crippen LogP contribution in [0.2, 0.25) is 0 Å². The molecule has 1 N–H and O–H groups in total. The molecule has 0 aliphatic carbocycles. The molecule has 0 rings (SSSR count). The van der Waals surface area contributed by atoms with E-state index in [1.807, 2.05) is 0 Å². The first-order valence-corrected chi connectivity index (χ1v) is 4.96. The lowest BCUT2D eigenvalue weighted by molar-refractivity contribution is -0.132. The highest BCUT2D eigenvalue weighted by molar-refractivity contribution is 5.85. The Kier molecular flexibility index (Phi) is 12.7. The van der Waals surface area contributed by atoms with Crippen LogP contribution in [0.1, 0.15) is 53.4 Å². The molecule has 0 bridgehead atoms. The van der Waals surface area contributed by atoms with Crippen molar-refractivity contribution in [3.63, 3.8) is 0 Å². The summed E-state index contributed by atoms with van der Waals surface area (Å²) >= 11 is 0. The third-order valence-electron chi connectivity index (χ3n) is 1.73. The van der Waals surface area contributed by atoms with Gasteiger partial charge in [-0.25, -0.2) is 4.79 Å². The second kappa shape index (κ2) is 11.2. The highest BCUT2D eigenvalue weighted by Crippen LogP contribution is 1.95. The highest BCUT2D eigenvalue weighted by atomic mass is 16.4. The van der Waals surface area contributed by atoms with Crippen molar-refractivity contribution in [1.29, 1.82) is 0 Å². The average molecular weight is 186 g/mol. The van der Waals surface area contributed by atoms with E-state index in [1.165, 1.54) is 25.7 Å². The number of hydrogen-bond acceptors (Lipinski definition) is 1. The molecule has 0 atom stereocenters. The molecule has 0 aliphatic heterocycles. The maximum absolute atomic E-state index is 9.86. The van der Waals surface area contributed by atoms with Gasteiger partial charge in [0.25, 0.3) is 0 Å². The summed E-state index contributed by atoms with van der Waals surface area (Å²) in [4.78, 5) is 9.86. The average Bonchev–Trinajstić information content (AvgIpc) is 2.14. The van der Waals surface area contributed by atoms with Gasteiger partial charge in [-0.2, -0.15) is 0 Å². The molecule has 0 aromatic rings. The summed E-state index contributed by atoms with van der Waals surface area (Å²) in [6.07, 6.45) is 7.09. The first kappa shape index (κ1) is 14.7. The molecule has 0 fully saturated rings. The second-order valence-electron chi connectivity index (χ2n) is 2.98. The van der Waals surface area contributed by atoms with Gasteiger partial charge in [-0.1, -0.05) is 45.6 Å². The minimum atomic E-state index is -0.845. The van der Waals surface area contributed by atoms with Gasteiger partial charge in [0.15, 0.2) is 0 Å². The van der Waals surface area contributed by atoms with Crippen LogP contribution in [-0.2, 0) is 4.79 Å². The van der Waals surface area contributed by atoms with Crippen molar-refractivity contribution in [2.45, 2.75) is 53.4 Å². The van der Waals surface area contributed by atoms with Gasteiger partial charge in [0, 0.05) is 5.57 Å². The summed E-state index contributed by atoms with van der Waals surface area (Å²) in [5, 5.41) is 8.11. The van der Waals surface area contributed by atoms with Gasteiger partial charge >= 0.3 is 5.97 Å². The molecular weight excluding hydrogens is 164 g/mol. The maximum Gasteiger partial charge on any atom is 0.330 e. The lowest BCUT2D eigenvalue weighted by atomic mass is 10.2. The van der Waals surface area contributed by atoms with Crippen molar-refractivity contribution in [3.8, 4) is 0 Å². The van der Waals surface area contributed by atoms with Crippen LogP contribution in [0.3, 0.4) is 0 Å². The predicted molar refractivity (Wildman–Crippen MR) is 56.9 cm³/mol. The van der Waals surface area contributed by atoms with Crippen LogP contribution in [0.25, 0.3) is 0 Å². The Morgan fingerprint density at radius 2 is 1.62 bits per heavy atom. The first-order valence-electron chi connectivity index (χ1n) is 4.96. The van der Waals surface area contributed by atoms with Gasteiger partial charge in [-0.05, 0) is 13.8 Å². The summed E-state index contributed by atoms with van der Waals surface area (Å²) in [6, 6.07) is 0. The van der Waals surface area contributed by atoms with Crippen molar-refractivity contribution in [1.82, 2.24) is 0 Å². The van der Waals surface area contributed by atoms with Gasteiger partial charge in [0.1, 0.15) is 0 Å². The van der Waals surface area contributed by atoms with Crippen LogP contribution in [0.5, 0.6) is 0 Å². The lowest BCUT2D eigenvalue weighted by Gasteiger charge is -1.86. The Labute approximate surface area is 81.7 Å². The van der Waals surface area contributed by atoms with E-state index >= 15 is 0 Å². The smallest absolute Gasteiger partial charge is 0.330 e. The van der Waals surface area contributed by atoms with E-state index in [-0.39, 0.29) is 0 Å². The number of unbranched alkanes of at least 4 members (excludes halogenated alkanes) is 3. The topological polar surface area (TPSA) is 37.3 Å². The number of hydrogen-bond donors (Lipinski definition) is 1. The molecule has 13 heavy (non-hydrogen) atoms. The Hall–Kier alpha value is -0.790. The molecule has 0 saturated carbocycles. The molecule has 0 heterocycles. The molecule has 2 nitrogen and oxygen atoms in total. The van der Waals surface area contributed by atoms with Crippen LogP contribution < -0.4 is 0 Å². The summed E-state index contributed by atoms with van der Waals surface area (Å²) in [5.41, 5.74) is 0.389. The number of aliphatic carboxylic acids is 1. The Bertz CT molecular complexity index is 144. The van der Waals surface area contributed by atoms with Gasteiger partial charge in [-0.15, -0.1) is 0 Å². The molecule has 0 spiro atoms.